The number of hydrogen-bond acceptors (Lipinski definition) is 3. The van der Waals surface area contributed by atoms with Gasteiger partial charge in [-0.1, -0.05) is 39.7 Å². The Morgan fingerprint density at radius 3 is 2.60 bits per heavy atom. The lowest BCUT2D eigenvalue weighted by Crippen LogP contribution is -2.26. The maximum Gasteiger partial charge on any atom is 0.257 e. The fourth-order valence-electron chi connectivity index (χ4n) is 2.42. The smallest absolute Gasteiger partial charge is 0.257 e. The average molecular weight is 421 g/mol. The molecule has 1 aromatic heterocycles. The number of furan rings is 1. The minimum atomic E-state index is -0.332. The molecule has 0 bridgehead atoms. The molecule has 0 saturated carbocycles. The first-order valence-corrected chi connectivity index (χ1v) is 8.70. The number of rotatable bonds is 4. The second-order valence-corrected chi connectivity index (χ2v) is 6.95. The Bertz CT molecular complexity index is 905. The molecule has 2 aromatic carbocycles. The standard InChI is InChI=1S/C19H15BrClNO3/c1-22(19(24)16-10-14(21)6-8-17(16)23)11-15-7-9-18(25-15)12-2-4-13(20)5-3-12/h2-10,23H,11H2,1H3. The highest BCUT2D eigenvalue weighted by molar-refractivity contribution is 9.10. The van der Waals surface area contributed by atoms with Crippen LogP contribution in [-0.2, 0) is 6.54 Å². The Balaban J connectivity index is 1.75. The van der Waals surface area contributed by atoms with Crippen molar-refractivity contribution in [3.05, 3.63) is 75.4 Å². The summed E-state index contributed by atoms with van der Waals surface area (Å²) in [5, 5.41) is 10.3. The molecule has 25 heavy (non-hydrogen) atoms. The van der Waals surface area contributed by atoms with E-state index >= 15 is 0 Å². The number of phenolic OH excluding ortho intramolecular Hbond substituents is 1. The molecule has 0 radical (unpaired) electrons. The summed E-state index contributed by atoms with van der Waals surface area (Å²) >= 11 is 9.30. The van der Waals surface area contributed by atoms with Crippen LogP contribution in [0.4, 0.5) is 0 Å². The molecule has 0 atom stereocenters. The fourth-order valence-corrected chi connectivity index (χ4v) is 2.86. The fraction of sp³-hybridized carbons (Fsp3) is 0.105. The molecule has 1 amide bonds. The van der Waals surface area contributed by atoms with Gasteiger partial charge in [0, 0.05) is 22.1 Å². The van der Waals surface area contributed by atoms with Crippen LogP contribution in [0.15, 0.2) is 63.5 Å². The third kappa shape index (κ3) is 4.06. The van der Waals surface area contributed by atoms with Gasteiger partial charge in [0.15, 0.2) is 0 Å². The van der Waals surface area contributed by atoms with Crippen LogP contribution < -0.4 is 0 Å². The molecule has 1 heterocycles. The molecule has 0 unspecified atom stereocenters. The number of aromatic hydroxyl groups is 1. The van der Waals surface area contributed by atoms with Crippen LogP contribution >= 0.6 is 27.5 Å². The third-order valence-electron chi connectivity index (χ3n) is 3.72. The van der Waals surface area contributed by atoms with Gasteiger partial charge in [-0.05, 0) is 42.5 Å². The summed E-state index contributed by atoms with van der Waals surface area (Å²) in [6.45, 7) is 0.279. The second kappa shape index (κ2) is 7.33. The maximum absolute atomic E-state index is 12.5. The van der Waals surface area contributed by atoms with E-state index in [2.05, 4.69) is 15.9 Å². The van der Waals surface area contributed by atoms with Crippen LogP contribution in [0.2, 0.25) is 5.02 Å². The number of hydrogen-bond donors (Lipinski definition) is 1. The van der Waals surface area contributed by atoms with Gasteiger partial charge >= 0.3 is 0 Å². The molecule has 0 aliphatic heterocycles. The van der Waals surface area contributed by atoms with Gasteiger partial charge in [-0.2, -0.15) is 0 Å². The van der Waals surface area contributed by atoms with Crippen molar-refractivity contribution in [2.75, 3.05) is 7.05 Å². The van der Waals surface area contributed by atoms with Crippen molar-refractivity contribution >= 4 is 33.4 Å². The molecule has 0 aliphatic carbocycles. The Kier molecular flexibility index (Phi) is 5.16. The number of carbonyl (C=O) groups excluding carboxylic acids is 1. The van der Waals surface area contributed by atoms with E-state index in [-0.39, 0.29) is 23.8 Å². The molecule has 0 spiro atoms. The van der Waals surface area contributed by atoms with Crippen LogP contribution in [0, 0.1) is 0 Å². The van der Waals surface area contributed by atoms with Crippen LogP contribution in [-0.4, -0.2) is 23.0 Å². The van der Waals surface area contributed by atoms with Crippen LogP contribution in [0.1, 0.15) is 16.1 Å². The normalized spacial score (nSPS) is 10.7. The van der Waals surface area contributed by atoms with E-state index in [0.717, 1.165) is 15.8 Å². The lowest BCUT2D eigenvalue weighted by atomic mass is 10.1. The number of nitrogens with zero attached hydrogens (tertiary/aromatic N) is 1. The van der Waals surface area contributed by atoms with Crippen molar-refractivity contribution in [3.63, 3.8) is 0 Å². The number of carbonyl (C=O) groups is 1. The predicted molar refractivity (Wildman–Crippen MR) is 101 cm³/mol. The Morgan fingerprint density at radius 1 is 1.16 bits per heavy atom. The van der Waals surface area contributed by atoms with Crippen molar-refractivity contribution in [2.24, 2.45) is 0 Å². The summed E-state index contributed by atoms with van der Waals surface area (Å²) in [6, 6.07) is 15.9. The monoisotopic (exact) mass is 419 g/mol. The zero-order valence-electron chi connectivity index (χ0n) is 13.4. The Labute approximate surface area is 158 Å². The Hall–Kier alpha value is -2.24. The zero-order chi connectivity index (χ0) is 18.0. The summed E-state index contributed by atoms with van der Waals surface area (Å²) in [7, 11) is 1.64. The van der Waals surface area contributed by atoms with E-state index in [1.165, 1.54) is 23.1 Å². The van der Waals surface area contributed by atoms with Crippen LogP contribution in [0.25, 0.3) is 11.3 Å². The molecule has 3 rings (SSSR count). The van der Waals surface area contributed by atoms with Crippen molar-refractivity contribution in [2.45, 2.75) is 6.54 Å². The zero-order valence-corrected chi connectivity index (χ0v) is 15.7. The van der Waals surface area contributed by atoms with E-state index in [9.17, 15) is 9.90 Å². The lowest BCUT2D eigenvalue weighted by Gasteiger charge is -2.16. The summed E-state index contributed by atoms with van der Waals surface area (Å²) in [5.74, 6) is 0.946. The average Bonchev–Trinajstić information content (AvgIpc) is 3.05. The van der Waals surface area contributed by atoms with Gasteiger partial charge in [0.25, 0.3) is 5.91 Å². The largest absolute Gasteiger partial charge is 0.507 e. The van der Waals surface area contributed by atoms with Crippen molar-refractivity contribution in [1.82, 2.24) is 4.90 Å². The predicted octanol–water partition coefficient (Wildman–Crippen LogP) is 5.34. The Morgan fingerprint density at radius 2 is 1.88 bits per heavy atom. The van der Waals surface area contributed by atoms with E-state index in [0.29, 0.717) is 10.8 Å². The van der Waals surface area contributed by atoms with Crippen LogP contribution in [0.5, 0.6) is 5.75 Å². The molecule has 128 valence electrons. The van der Waals surface area contributed by atoms with Gasteiger partial charge in [0.1, 0.15) is 17.3 Å². The first kappa shape index (κ1) is 17.6. The topological polar surface area (TPSA) is 53.7 Å². The van der Waals surface area contributed by atoms with Gasteiger partial charge < -0.3 is 14.4 Å². The highest BCUT2D eigenvalue weighted by Gasteiger charge is 2.18. The summed E-state index contributed by atoms with van der Waals surface area (Å²) in [5.41, 5.74) is 1.12. The van der Waals surface area contributed by atoms with E-state index < -0.39 is 0 Å². The highest BCUT2D eigenvalue weighted by atomic mass is 79.9. The molecule has 6 heteroatoms. The van der Waals surface area contributed by atoms with Gasteiger partial charge in [0.2, 0.25) is 0 Å². The SMILES string of the molecule is CN(Cc1ccc(-c2ccc(Br)cc2)o1)C(=O)c1cc(Cl)ccc1O. The quantitative estimate of drug-likeness (QED) is 0.620. The van der Waals surface area contributed by atoms with E-state index in [4.69, 9.17) is 16.0 Å². The number of benzene rings is 2. The molecule has 3 aromatic rings. The molecule has 0 saturated heterocycles. The molecular weight excluding hydrogens is 406 g/mol. The summed E-state index contributed by atoms with van der Waals surface area (Å²) in [6.07, 6.45) is 0. The van der Waals surface area contributed by atoms with E-state index in [1.54, 1.807) is 7.05 Å². The number of phenols is 1. The van der Waals surface area contributed by atoms with Crippen molar-refractivity contribution in [1.29, 1.82) is 0 Å². The maximum atomic E-state index is 12.5. The minimum absolute atomic E-state index is 0.101. The second-order valence-electron chi connectivity index (χ2n) is 5.60. The molecule has 1 N–H and O–H groups in total. The highest BCUT2D eigenvalue weighted by Crippen LogP contribution is 2.26. The summed E-state index contributed by atoms with van der Waals surface area (Å²) in [4.78, 5) is 14.0. The number of halogens is 2. The molecule has 4 nitrogen and oxygen atoms in total. The molecule has 0 fully saturated rings. The van der Waals surface area contributed by atoms with Crippen molar-refractivity contribution in [3.8, 4) is 17.1 Å². The molecule has 0 aliphatic rings. The first-order valence-electron chi connectivity index (χ1n) is 7.52. The first-order chi connectivity index (χ1) is 11.9. The minimum Gasteiger partial charge on any atom is -0.507 e. The number of amides is 1. The van der Waals surface area contributed by atoms with Crippen LogP contribution in [0.3, 0.4) is 0 Å². The van der Waals surface area contributed by atoms with E-state index in [1.807, 2.05) is 36.4 Å². The van der Waals surface area contributed by atoms with Crippen molar-refractivity contribution < 1.29 is 14.3 Å². The van der Waals surface area contributed by atoms with Gasteiger partial charge in [-0.3, -0.25) is 4.79 Å². The van der Waals surface area contributed by atoms with Gasteiger partial charge in [-0.25, -0.2) is 0 Å². The lowest BCUT2D eigenvalue weighted by molar-refractivity contribution is 0.0772. The summed E-state index contributed by atoms with van der Waals surface area (Å²) < 4.78 is 6.82. The van der Waals surface area contributed by atoms with Gasteiger partial charge in [-0.15, -0.1) is 0 Å². The van der Waals surface area contributed by atoms with Gasteiger partial charge in [0.05, 0.1) is 12.1 Å². The third-order valence-corrected chi connectivity index (χ3v) is 4.48. The molecular formula is C19H15BrClNO3.